The smallest absolute Gasteiger partial charge is 0.306 e. The number of nitrogens with zero attached hydrogens (tertiary/aromatic N) is 2. The molecule has 2 fully saturated rings. The molecular weight excluding hydrogens is 356 g/mol. The van der Waals surface area contributed by atoms with Crippen LogP contribution in [0.3, 0.4) is 0 Å². The maximum Gasteiger partial charge on any atom is 0.306 e. The molecule has 1 aliphatic heterocycles. The monoisotopic (exact) mass is 396 g/mol. The number of morpholine rings is 1. The van der Waals surface area contributed by atoms with Crippen LogP contribution < -0.4 is 10.6 Å². The van der Waals surface area contributed by atoms with E-state index in [0.717, 1.165) is 58.0 Å². The summed E-state index contributed by atoms with van der Waals surface area (Å²) in [7, 11) is 0. The molecule has 0 aromatic carbocycles. The zero-order valence-corrected chi connectivity index (χ0v) is 18.0. The number of hydrogen-bond acceptors (Lipinski definition) is 5. The van der Waals surface area contributed by atoms with Crippen molar-refractivity contribution in [2.24, 2.45) is 10.9 Å². The number of esters is 1. The number of nitrogens with one attached hydrogen (secondary N) is 2. The molecule has 2 rings (SSSR count). The molecule has 1 atom stereocenters. The fraction of sp³-hybridized carbons (Fsp3) is 0.905. The van der Waals surface area contributed by atoms with Crippen molar-refractivity contribution >= 4 is 11.9 Å². The molecule has 1 saturated carbocycles. The molecule has 7 heteroatoms. The Bertz CT molecular complexity index is 478. The van der Waals surface area contributed by atoms with E-state index in [1.54, 1.807) is 0 Å². The van der Waals surface area contributed by atoms with Gasteiger partial charge in [0.1, 0.15) is 6.10 Å². The molecule has 2 N–H and O–H groups in total. The Hall–Kier alpha value is -1.34. The van der Waals surface area contributed by atoms with E-state index in [9.17, 15) is 4.79 Å². The average molecular weight is 397 g/mol. The van der Waals surface area contributed by atoms with Gasteiger partial charge in [-0.25, -0.2) is 0 Å². The second-order valence-corrected chi connectivity index (χ2v) is 8.29. The Labute approximate surface area is 170 Å². The summed E-state index contributed by atoms with van der Waals surface area (Å²) in [5.74, 6) is 1.38. The second-order valence-electron chi connectivity index (χ2n) is 8.29. The first-order valence-electron chi connectivity index (χ1n) is 11.1. The van der Waals surface area contributed by atoms with Crippen LogP contribution in [0.4, 0.5) is 0 Å². The molecule has 1 unspecified atom stereocenters. The first-order valence-corrected chi connectivity index (χ1v) is 11.1. The number of hydrogen-bond donors (Lipinski definition) is 2. The molecule has 1 saturated heterocycles. The lowest BCUT2D eigenvalue weighted by Crippen LogP contribution is -2.46. The van der Waals surface area contributed by atoms with Crippen LogP contribution in [-0.2, 0) is 14.3 Å². The van der Waals surface area contributed by atoms with Gasteiger partial charge in [-0.05, 0) is 44.9 Å². The minimum atomic E-state index is -0.0727. The minimum absolute atomic E-state index is 0.0727. The van der Waals surface area contributed by atoms with Crippen LogP contribution >= 0.6 is 0 Å². The molecule has 2 aliphatic rings. The molecule has 1 aliphatic carbocycles. The summed E-state index contributed by atoms with van der Waals surface area (Å²) in [4.78, 5) is 19.0. The van der Waals surface area contributed by atoms with Gasteiger partial charge in [0.2, 0.25) is 0 Å². The Morgan fingerprint density at radius 3 is 2.79 bits per heavy atom. The van der Waals surface area contributed by atoms with Crippen molar-refractivity contribution in [1.29, 1.82) is 0 Å². The summed E-state index contributed by atoms with van der Waals surface area (Å²) < 4.78 is 11.4. The van der Waals surface area contributed by atoms with Gasteiger partial charge in [0.25, 0.3) is 0 Å². The third kappa shape index (κ3) is 9.24. The lowest BCUT2D eigenvalue weighted by Gasteiger charge is -2.33. The van der Waals surface area contributed by atoms with E-state index in [1.807, 2.05) is 0 Å². The van der Waals surface area contributed by atoms with Crippen molar-refractivity contribution in [2.75, 3.05) is 45.9 Å². The maximum atomic E-state index is 11.9. The van der Waals surface area contributed by atoms with E-state index >= 15 is 0 Å². The second kappa shape index (κ2) is 13.0. The van der Waals surface area contributed by atoms with E-state index in [1.165, 1.54) is 12.8 Å². The number of rotatable bonds is 10. The van der Waals surface area contributed by atoms with Gasteiger partial charge in [0.05, 0.1) is 19.3 Å². The van der Waals surface area contributed by atoms with Crippen molar-refractivity contribution in [3.05, 3.63) is 0 Å². The first-order chi connectivity index (χ1) is 13.6. The van der Waals surface area contributed by atoms with Gasteiger partial charge in [-0.2, -0.15) is 0 Å². The standard InChI is InChI=1S/C21H40N4O3/c1-4-22-21(23-11-7-10-20(26)28-18-8-5-6-9-18)24-14-19-16-25(12-13-27-19)15-17(2)3/h17-19H,4-16H2,1-3H3,(H2,22,23,24). The summed E-state index contributed by atoms with van der Waals surface area (Å²) in [5.41, 5.74) is 0. The number of ether oxygens (including phenoxy) is 2. The van der Waals surface area contributed by atoms with Crippen LogP contribution in [0, 0.1) is 5.92 Å². The normalized spacial score (nSPS) is 21.9. The highest BCUT2D eigenvalue weighted by atomic mass is 16.5. The summed E-state index contributed by atoms with van der Waals surface area (Å²) in [6.45, 7) is 12.5. The van der Waals surface area contributed by atoms with Gasteiger partial charge in [-0.3, -0.25) is 14.7 Å². The highest BCUT2D eigenvalue weighted by Gasteiger charge is 2.21. The van der Waals surface area contributed by atoms with E-state index in [2.05, 4.69) is 41.3 Å². The van der Waals surface area contributed by atoms with Gasteiger partial charge in [-0.15, -0.1) is 0 Å². The molecule has 0 aromatic rings. The van der Waals surface area contributed by atoms with E-state index in [-0.39, 0.29) is 18.2 Å². The number of guanidine groups is 1. The number of carbonyl (C=O) groups excluding carboxylic acids is 1. The Morgan fingerprint density at radius 2 is 2.07 bits per heavy atom. The van der Waals surface area contributed by atoms with Crippen molar-refractivity contribution in [3.63, 3.8) is 0 Å². The van der Waals surface area contributed by atoms with Gasteiger partial charge in [0, 0.05) is 39.1 Å². The Kier molecular flexibility index (Phi) is 10.6. The Balaban J connectivity index is 1.66. The predicted octanol–water partition coefficient (Wildman–Crippen LogP) is 2.16. The van der Waals surface area contributed by atoms with Crippen LogP contribution in [0.25, 0.3) is 0 Å². The zero-order valence-electron chi connectivity index (χ0n) is 18.0. The topological polar surface area (TPSA) is 75.2 Å². The van der Waals surface area contributed by atoms with E-state index in [4.69, 9.17) is 9.47 Å². The van der Waals surface area contributed by atoms with Crippen LogP contribution in [0.1, 0.15) is 59.3 Å². The van der Waals surface area contributed by atoms with Crippen molar-refractivity contribution in [2.45, 2.75) is 71.5 Å². The average Bonchev–Trinajstić information content (AvgIpc) is 3.16. The molecule has 162 valence electrons. The number of aliphatic imine (C=N–C) groups is 1. The van der Waals surface area contributed by atoms with Crippen LogP contribution in [0.5, 0.6) is 0 Å². The minimum Gasteiger partial charge on any atom is -0.462 e. The van der Waals surface area contributed by atoms with E-state index < -0.39 is 0 Å². The van der Waals surface area contributed by atoms with E-state index in [0.29, 0.717) is 25.4 Å². The van der Waals surface area contributed by atoms with Gasteiger partial charge < -0.3 is 20.1 Å². The lowest BCUT2D eigenvalue weighted by atomic mass is 10.2. The fourth-order valence-corrected chi connectivity index (χ4v) is 3.80. The van der Waals surface area contributed by atoms with Crippen molar-refractivity contribution in [1.82, 2.24) is 15.5 Å². The quantitative estimate of drug-likeness (QED) is 0.255. The SMILES string of the molecule is CCNC(=NCC1CN(CC(C)C)CCO1)NCCCC(=O)OC1CCCC1. The third-order valence-corrected chi connectivity index (χ3v) is 5.09. The summed E-state index contributed by atoms with van der Waals surface area (Å²) >= 11 is 0. The first kappa shape index (κ1) is 22.9. The van der Waals surface area contributed by atoms with Crippen LogP contribution in [0.2, 0.25) is 0 Å². The van der Waals surface area contributed by atoms with Crippen molar-refractivity contribution in [3.8, 4) is 0 Å². The summed E-state index contributed by atoms with van der Waals surface area (Å²) in [5, 5.41) is 6.58. The molecule has 0 aromatic heterocycles. The van der Waals surface area contributed by atoms with Gasteiger partial charge in [0.15, 0.2) is 5.96 Å². The lowest BCUT2D eigenvalue weighted by molar-refractivity contribution is -0.148. The zero-order chi connectivity index (χ0) is 20.2. The van der Waals surface area contributed by atoms with Crippen molar-refractivity contribution < 1.29 is 14.3 Å². The molecule has 1 heterocycles. The Morgan fingerprint density at radius 1 is 1.29 bits per heavy atom. The van der Waals surface area contributed by atoms with Gasteiger partial charge in [-0.1, -0.05) is 13.8 Å². The van der Waals surface area contributed by atoms with Crippen LogP contribution in [-0.4, -0.2) is 74.9 Å². The maximum absolute atomic E-state index is 11.9. The van der Waals surface area contributed by atoms with Gasteiger partial charge >= 0.3 is 5.97 Å². The summed E-state index contributed by atoms with van der Waals surface area (Å²) in [6, 6.07) is 0. The predicted molar refractivity (Wildman–Crippen MR) is 113 cm³/mol. The molecule has 0 bridgehead atoms. The fourth-order valence-electron chi connectivity index (χ4n) is 3.80. The molecule has 0 radical (unpaired) electrons. The molecule has 0 spiro atoms. The largest absolute Gasteiger partial charge is 0.462 e. The highest BCUT2D eigenvalue weighted by Crippen LogP contribution is 2.21. The highest BCUT2D eigenvalue weighted by molar-refractivity contribution is 5.79. The molecular formula is C21H40N4O3. The number of carbonyl (C=O) groups is 1. The van der Waals surface area contributed by atoms with Crippen LogP contribution in [0.15, 0.2) is 4.99 Å². The summed E-state index contributed by atoms with van der Waals surface area (Å²) in [6.07, 6.45) is 5.92. The molecule has 0 amide bonds. The molecule has 28 heavy (non-hydrogen) atoms. The third-order valence-electron chi connectivity index (χ3n) is 5.09. The molecule has 7 nitrogen and oxygen atoms in total.